The average molecular weight is 165 g/mol. The molecule has 2 atom stereocenters. The molecule has 0 aliphatic heterocycles. The lowest BCUT2D eigenvalue weighted by Gasteiger charge is -2.25. The van der Waals surface area contributed by atoms with Crippen LogP contribution in [0.2, 0.25) is 0 Å². The third-order valence-electron chi connectivity index (χ3n) is 2.86. The van der Waals surface area contributed by atoms with E-state index < -0.39 is 0 Å². The van der Waals surface area contributed by atoms with Gasteiger partial charge in [-0.2, -0.15) is 5.10 Å². The molecule has 1 aliphatic carbocycles. The standard InChI is InChI=1S/C9H15N3/c1-5-3-4-7-8(9(5)10)6(2)11-12-7/h5,9H,3-4,10H2,1-2H3,(H,11,12). The lowest BCUT2D eigenvalue weighted by Crippen LogP contribution is -2.25. The van der Waals surface area contributed by atoms with Gasteiger partial charge in [-0.1, -0.05) is 6.92 Å². The molecule has 1 heterocycles. The van der Waals surface area contributed by atoms with E-state index in [-0.39, 0.29) is 6.04 Å². The Morgan fingerprint density at radius 2 is 2.33 bits per heavy atom. The molecule has 1 aromatic rings. The Bertz CT molecular complexity index is 290. The van der Waals surface area contributed by atoms with E-state index in [0.717, 1.165) is 12.1 Å². The third kappa shape index (κ3) is 0.966. The van der Waals surface area contributed by atoms with Crippen LogP contribution in [0.4, 0.5) is 0 Å². The van der Waals surface area contributed by atoms with Crippen LogP contribution in [-0.2, 0) is 6.42 Å². The first-order chi connectivity index (χ1) is 5.70. The van der Waals surface area contributed by atoms with Crippen molar-refractivity contribution in [2.24, 2.45) is 11.7 Å². The molecular weight excluding hydrogens is 150 g/mol. The van der Waals surface area contributed by atoms with E-state index in [1.54, 1.807) is 0 Å². The van der Waals surface area contributed by atoms with Crippen molar-refractivity contribution in [3.8, 4) is 0 Å². The maximum atomic E-state index is 6.08. The minimum absolute atomic E-state index is 0.187. The zero-order valence-corrected chi connectivity index (χ0v) is 7.59. The van der Waals surface area contributed by atoms with Crippen molar-refractivity contribution in [1.82, 2.24) is 10.2 Å². The number of fused-ring (bicyclic) bond motifs is 1. The predicted octanol–water partition coefficient (Wildman–Crippen LogP) is 1.30. The molecule has 66 valence electrons. The van der Waals surface area contributed by atoms with Crippen LogP contribution < -0.4 is 5.73 Å². The van der Waals surface area contributed by atoms with Crippen LogP contribution in [0.25, 0.3) is 0 Å². The molecule has 0 saturated heterocycles. The Balaban J connectivity index is 2.45. The molecule has 12 heavy (non-hydrogen) atoms. The second kappa shape index (κ2) is 2.59. The maximum Gasteiger partial charge on any atom is 0.0672 e. The lowest BCUT2D eigenvalue weighted by molar-refractivity contribution is 0.409. The fourth-order valence-corrected chi connectivity index (χ4v) is 1.95. The second-order valence-electron chi connectivity index (χ2n) is 3.75. The lowest BCUT2D eigenvalue weighted by atomic mass is 9.84. The maximum absolute atomic E-state index is 6.08. The zero-order valence-electron chi connectivity index (χ0n) is 7.59. The van der Waals surface area contributed by atoms with Gasteiger partial charge < -0.3 is 5.73 Å². The SMILES string of the molecule is Cc1[nH]nc2c1C(N)C(C)CC2. The van der Waals surface area contributed by atoms with Crippen LogP contribution in [0.3, 0.4) is 0 Å². The predicted molar refractivity (Wildman–Crippen MR) is 47.7 cm³/mol. The molecule has 2 unspecified atom stereocenters. The minimum atomic E-state index is 0.187. The van der Waals surface area contributed by atoms with Crippen LogP contribution >= 0.6 is 0 Å². The highest BCUT2D eigenvalue weighted by Gasteiger charge is 2.26. The number of hydrogen-bond donors (Lipinski definition) is 2. The second-order valence-corrected chi connectivity index (χ2v) is 3.75. The van der Waals surface area contributed by atoms with Gasteiger partial charge in [0.2, 0.25) is 0 Å². The topological polar surface area (TPSA) is 54.7 Å². The fourth-order valence-electron chi connectivity index (χ4n) is 1.95. The van der Waals surface area contributed by atoms with E-state index in [4.69, 9.17) is 5.73 Å². The molecule has 0 spiro atoms. The van der Waals surface area contributed by atoms with Crippen molar-refractivity contribution in [1.29, 1.82) is 0 Å². The summed E-state index contributed by atoms with van der Waals surface area (Å²) in [4.78, 5) is 0. The first-order valence-electron chi connectivity index (χ1n) is 4.49. The molecule has 3 heteroatoms. The monoisotopic (exact) mass is 165 g/mol. The van der Waals surface area contributed by atoms with Crippen LogP contribution in [0.15, 0.2) is 0 Å². The Morgan fingerprint density at radius 3 is 3.08 bits per heavy atom. The van der Waals surface area contributed by atoms with Gasteiger partial charge in [0.25, 0.3) is 0 Å². The average Bonchev–Trinajstić information content (AvgIpc) is 2.41. The summed E-state index contributed by atoms with van der Waals surface area (Å²) in [6.45, 7) is 4.25. The highest BCUT2D eigenvalue weighted by atomic mass is 15.1. The normalized spacial score (nSPS) is 28.6. The highest BCUT2D eigenvalue weighted by molar-refractivity contribution is 5.30. The number of nitrogens with one attached hydrogen (secondary N) is 1. The molecule has 1 aromatic heterocycles. The van der Waals surface area contributed by atoms with Gasteiger partial charge in [-0.15, -0.1) is 0 Å². The van der Waals surface area contributed by atoms with E-state index in [1.165, 1.54) is 17.7 Å². The first kappa shape index (κ1) is 7.80. The Kier molecular flexibility index (Phi) is 1.68. The number of nitrogens with zero attached hydrogens (tertiary/aromatic N) is 1. The number of H-pyrrole nitrogens is 1. The van der Waals surface area contributed by atoms with Gasteiger partial charge in [0, 0.05) is 17.3 Å². The van der Waals surface area contributed by atoms with Crippen molar-refractivity contribution < 1.29 is 0 Å². The molecule has 0 aromatic carbocycles. The van der Waals surface area contributed by atoms with Gasteiger partial charge in [0.1, 0.15) is 0 Å². The quantitative estimate of drug-likeness (QED) is 0.608. The summed E-state index contributed by atoms with van der Waals surface area (Å²) in [5.41, 5.74) is 9.65. The summed E-state index contributed by atoms with van der Waals surface area (Å²) in [7, 11) is 0. The summed E-state index contributed by atoms with van der Waals surface area (Å²) in [5, 5.41) is 7.24. The fraction of sp³-hybridized carbons (Fsp3) is 0.667. The molecule has 0 fully saturated rings. The van der Waals surface area contributed by atoms with Crippen LogP contribution in [0.5, 0.6) is 0 Å². The molecule has 3 N–H and O–H groups in total. The van der Waals surface area contributed by atoms with E-state index in [2.05, 4.69) is 17.1 Å². The van der Waals surface area contributed by atoms with Crippen molar-refractivity contribution >= 4 is 0 Å². The Labute approximate surface area is 72.4 Å². The summed E-state index contributed by atoms with van der Waals surface area (Å²) in [6.07, 6.45) is 2.24. The molecule has 1 aliphatic rings. The number of rotatable bonds is 0. The zero-order chi connectivity index (χ0) is 8.72. The van der Waals surface area contributed by atoms with Gasteiger partial charge in [0.15, 0.2) is 0 Å². The van der Waals surface area contributed by atoms with Crippen LogP contribution in [-0.4, -0.2) is 10.2 Å². The number of hydrogen-bond acceptors (Lipinski definition) is 2. The number of aryl methyl sites for hydroxylation is 2. The van der Waals surface area contributed by atoms with E-state index in [9.17, 15) is 0 Å². The van der Waals surface area contributed by atoms with Gasteiger partial charge in [-0.25, -0.2) is 0 Å². The summed E-state index contributed by atoms with van der Waals surface area (Å²) in [6, 6.07) is 0.187. The van der Waals surface area contributed by atoms with Gasteiger partial charge in [-0.05, 0) is 25.7 Å². The third-order valence-corrected chi connectivity index (χ3v) is 2.86. The first-order valence-corrected chi connectivity index (χ1v) is 4.49. The smallest absolute Gasteiger partial charge is 0.0672 e. The molecule has 0 radical (unpaired) electrons. The van der Waals surface area contributed by atoms with Crippen molar-refractivity contribution in [2.45, 2.75) is 32.7 Å². The highest BCUT2D eigenvalue weighted by Crippen LogP contribution is 2.32. The molecule has 0 bridgehead atoms. The Morgan fingerprint density at radius 1 is 1.58 bits per heavy atom. The molecule has 2 rings (SSSR count). The molecule has 0 amide bonds. The van der Waals surface area contributed by atoms with Crippen LogP contribution in [0.1, 0.15) is 36.3 Å². The molecule has 3 nitrogen and oxygen atoms in total. The van der Waals surface area contributed by atoms with Crippen LogP contribution in [0, 0.1) is 12.8 Å². The number of aromatic amines is 1. The summed E-state index contributed by atoms with van der Waals surface area (Å²) in [5.74, 6) is 0.591. The minimum Gasteiger partial charge on any atom is -0.324 e. The summed E-state index contributed by atoms with van der Waals surface area (Å²) < 4.78 is 0. The van der Waals surface area contributed by atoms with Crippen molar-refractivity contribution in [2.75, 3.05) is 0 Å². The number of aromatic nitrogens is 2. The van der Waals surface area contributed by atoms with E-state index in [1.807, 2.05) is 6.92 Å². The number of nitrogens with two attached hydrogens (primary N) is 1. The van der Waals surface area contributed by atoms with Gasteiger partial charge in [-0.3, -0.25) is 5.10 Å². The van der Waals surface area contributed by atoms with E-state index in [0.29, 0.717) is 5.92 Å². The van der Waals surface area contributed by atoms with Gasteiger partial charge >= 0.3 is 0 Å². The largest absolute Gasteiger partial charge is 0.324 e. The van der Waals surface area contributed by atoms with Gasteiger partial charge in [0.05, 0.1) is 5.69 Å². The van der Waals surface area contributed by atoms with Crippen molar-refractivity contribution in [3.05, 3.63) is 17.0 Å². The van der Waals surface area contributed by atoms with Crippen molar-refractivity contribution in [3.63, 3.8) is 0 Å². The molecule has 0 saturated carbocycles. The van der Waals surface area contributed by atoms with E-state index >= 15 is 0 Å². The summed E-state index contributed by atoms with van der Waals surface area (Å²) >= 11 is 0. The Hall–Kier alpha value is -0.830. The molecular formula is C9H15N3.